The standard InChI is InChI=1S/C15H25N3O2/c1-12-5-7-18(11-14(12)19)15-4-3-13(10-17-15)9-16-6-8-20-2/h3-4,10,12,14,16,19H,5-9,11H2,1-2H3. The van der Waals surface area contributed by atoms with E-state index in [-0.39, 0.29) is 6.10 Å². The van der Waals surface area contributed by atoms with Crippen LogP contribution >= 0.6 is 0 Å². The van der Waals surface area contributed by atoms with Crippen molar-refractivity contribution >= 4 is 5.82 Å². The van der Waals surface area contributed by atoms with Crippen LogP contribution in [0.1, 0.15) is 18.9 Å². The molecule has 2 atom stereocenters. The van der Waals surface area contributed by atoms with Gasteiger partial charge in [-0.2, -0.15) is 0 Å². The van der Waals surface area contributed by atoms with E-state index in [4.69, 9.17) is 4.74 Å². The average molecular weight is 279 g/mol. The molecule has 20 heavy (non-hydrogen) atoms. The smallest absolute Gasteiger partial charge is 0.128 e. The molecule has 2 heterocycles. The zero-order chi connectivity index (χ0) is 14.4. The van der Waals surface area contributed by atoms with Crippen molar-refractivity contribution in [3.05, 3.63) is 23.9 Å². The lowest BCUT2D eigenvalue weighted by Gasteiger charge is -2.35. The third-order valence-corrected chi connectivity index (χ3v) is 3.86. The Balaban J connectivity index is 1.85. The van der Waals surface area contributed by atoms with Gasteiger partial charge in [-0.05, 0) is 24.0 Å². The first-order chi connectivity index (χ1) is 9.70. The highest BCUT2D eigenvalue weighted by Gasteiger charge is 2.24. The lowest BCUT2D eigenvalue weighted by atomic mass is 9.96. The molecular formula is C15H25N3O2. The first-order valence-electron chi connectivity index (χ1n) is 7.28. The number of hydrogen-bond donors (Lipinski definition) is 2. The predicted molar refractivity (Wildman–Crippen MR) is 79.8 cm³/mol. The molecule has 1 aromatic rings. The summed E-state index contributed by atoms with van der Waals surface area (Å²) in [5.41, 5.74) is 1.16. The first-order valence-corrected chi connectivity index (χ1v) is 7.28. The van der Waals surface area contributed by atoms with Crippen molar-refractivity contribution in [2.75, 3.05) is 38.3 Å². The molecule has 1 saturated heterocycles. The molecule has 0 bridgehead atoms. The summed E-state index contributed by atoms with van der Waals surface area (Å²) in [4.78, 5) is 6.66. The van der Waals surface area contributed by atoms with E-state index in [1.807, 2.05) is 12.3 Å². The molecule has 2 rings (SSSR count). The number of anilines is 1. The molecule has 0 spiro atoms. The van der Waals surface area contributed by atoms with Crippen molar-refractivity contribution in [3.63, 3.8) is 0 Å². The van der Waals surface area contributed by atoms with E-state index < -0.39 is 0 Å². The fourth-order valence-electron chi connectivity index (χ4n) is 2.37. The molecule has 1 aromatic heterocycles. The first kappa shape index (κ1) is 15.2. The number of pyridine rings is 1. The van der Waals surface area contributed by atoms with E-state index in [9.17, 15) is 5.11 Å². The topological polar surface area (TPSA) is 57.6 Å². The normalized spacial score (nSPS) is 23.1. The van der Waals surface area contributed by atoms with Gasteiger partial charge in [-0.25, -0.2) is 4.98 Å². The van der Waals surface area contributed by atoms with E-state index in [1.54, 1.807) is 7.11 Å². The summed E-state index contributed by atoms with van der Waals surface area (Å²) < 4.78 is 4.99. The molecule has 2 unspecified atom stereocenters. The third kappa shape index (κ3) is 4.16. The second kappa shape index (κ2) is 7.57. The summed E-state index contributed by atoms with van der Waals surface area (Å²) in [6, 6.07) is 4.13. The van der Waals surface area contributed by atoms with Crippen molar-refractivity contribution < 1.29 is 9.84 Å². The number of nitrogens with one attached hydrogen (secondary N) is 1. The molecule has 5 heteroatoms. The van der Waals surface area contributed by atoms with Crippen LogP contribution in [0.2, 0.25) is 0 Å². The van der Waals surface area contributed by atoms with Crippen LogP contribution in [0.5, 0.6) is 0 Å². The van der Waals surface area contributed by atoms with E-state index in [1.165, 1.54) is 0 Å². The maximum absolute atomic E-state index is 9.94. The summed E-state index contributed by atoms with van der Waals surface area (Å²) in [6.45, 7) is 6.11. The van der Waals surface area contributed by atoms with Crippen LogP contribution in [0, 0.1) is 5.92 Å². The molecule has 0 amide bonds. The number of nitrogens with zero attached hydrogens (tertiary/aromatic N) is 2. The minimum Gasteiger partial charge on any atom is -0.391 e. The summed E-state index contributed by atoms with van der Waals surface area (Å²) >= 11 is 0. The van der Waals surface area contributed by atoms with Gasteiger partial charge in [-0.1, -0.05) is 13.0 Å². The second-order valence-corrected chi connectivity index (χ2v) is 5.47. The fraction of sp³-hybridized carbons (Fsp3) is 0.667. The van der Waals surface area contributed by atoms with Crippen LogP contribution in [-0.4, -0.2) is 49.5 Å². The van der Waals surface area contributed by atoms with Crippen molar-refractivity contribution in [1.82, 2.24) is 10.3 Å². The second-order valence-electron chi connectivity index (χ2n) is 5.47. The zero-order valence-corrected chi connectivity index (χ0v) is 12.4. The van der Waals surface area contributed by atoms with Gasteiger partial charge < -0.3 is 20.1 Å². The number of ether oxygens (including phenoxy) is 1. The Morgan fingerprint density at radius 3 is 3.00 bits per heavy atom. The zero-order valence-electron chi connectivity index (χ0n) is 12.4. The summed E-state index contributed by atoms with van der Waals surface area (Å²) in [7, 11) is 1.70. The molecule has 0 aliphatic carbocycles. The summed E-state index contributed by atoms with van der Waals surface area (Å²) in [5, 5.41) is 13.2. The molecular weight excluding hydrogens is 254 g/mol. The van der Waals surface area contributed by atoms with E-state index in [2.05, 4.69) is 28.2 Å². The Bertz CT molecular complexity index is 397. The lowest BCUT2D eigenvalue weighted by molar-refractivity contribution is 0.102. The molecule has 1 fully saturated rings. The largest absolute Gasteiger partial charge is 0.391 e. The molecule has 2 N–H and O–H groups in total. The van der Waals surface area contributed by atoms with Gasteiger partial charge in [0.15, 0.2) is 0 Å². The van der Waals surface area contributed by atoms with Crippen molar-refractivity contribution in [3.8, 4) is 0 Å². The number of aromatic nitrogens is 1. The minimum absolute atomic E-state index is 0.249. The number of aliphatic hydroxyl groups is 1. The third-order valence-electron chi connectivity index (χ3n) is 3.86. The molecule has 1 aliphatic rings. The quantitative estimate of drug-likeness (QED) is 0.762. The SMILES string of the molecule is COCCNCc1ccc(N2CCC(C)C(O)C2)nc1. The number of hydrogen-bond acceptors (Lipinski definition) is 5. The van der Waals surface area contributed by atoms with Gasteiger partial charge in [-0.15, -0.1) is 0 Å². The molecule has 0 saturated carbocycles. The maximum atomic E-state index is 9.94. The maximum Gasteiger partial charge on any atom is 0.128 e. The highest BCUT2D eigenvalue weighted by molar-refractivity contribution is 5.40. The van der Waals surface area contributed by atoms with Gasteiger partial charge >= 0.3 is 0 Å². The van der Waals surface area contributed by atoms with Crippen LogP contribution in [0.25, 0.3) is 0 Å². The Morgan fingerprint density at radius 1 is 1.50 bits per heavy atom. The molecule has 0 aromatic carbocycles. The number of piperidine rings is 1. The van der Waals surface area contributed by atoms with Crippen LogP contribution in [0.4, 0.5) is 5.82 Å². The molecule has 112 valence electrons. The van der Waals surface area contributed by atoms with Crippen molar-refractivity contribution in [1.29, 1.82) is 0 Å². The lowest BCUT2D eigenvalue weighted by Crippen LogP contribution is -2.43. The highest BCUT2D eigenvalue weighted by Crippen LogP contribution is 2.21. The van der Waals surface area contributed by atoms with Gasteiger partial charge in [0.1, 0.15) is 5.82 Å². The Kier molecular flexibility index (Phi) is 5.76. The van der Waals surface area contributed by atoms with E-state index in [0.29, 0.717) is 12.5 Å². The number of β-amino-alcohol motifs (C(OH)–C–C–N with tert-alkyl or cyclic N) is 1. The average Bonchev–Trinajstić information content (AvgIpc) is 2.47. The monoisotopic (exact) mass is 279 g/mol. The summed E-state index contributed by atoms with van der Waals surface area (Å²) in [6.07, 6.45) is 2.67. The van der Waals surface area contributed by atoms with Gasteiger partial charge in [-0.3, -0.25) is 0 Å². The highest BCUT2D eigenvalue weighted by atomic mass is 16.5. The minimum atomic E-state index is -0.249. The van der Waals surface area contributed by atoms with Gasteiger partial charge in [0.25, 0.3) is 0 Å². The number of methoxy groups -OCH3 is 1. The fourth-order valence-corrected chi connectivity index (χ4v) is 2.37. The Morgan fingerprint density at radius 2 is 2.35 bits per heavy atom. The summed E-state index contributed by atoms with van der Waals surface area (Å²) in [5.74, 6) is 1.34. The van der Waals surface area contributed by atoms with Crippen LogP contribution in [0.3, 0.4) is 0 Å². The number of aliphatic hydroxyl groups excluding tert-OH is 1. The van der Waals surface area contributed by atoms with Crippen LogP contribution in [0.15, 0.2) is 18.3 Å². The number of rotatable bonds is 6. The van der Waals surface area contributed by atoms with Gasteiger partial charge in [0, 0.05) is 39.5 Å². The molecule has 5 nitrogen and oxygen atoms in total. The van der Waals surface area contributed by atoms with Crippen molar-refractivity contribution in [2.45, 2.75) is 26.0 Å². The van der Waals surface area contributed by atoms with E-state index in [0.717, 1.165) is 44.0 Å². The van der Waals surface area contributed by atoms with Gasteiger partial charge in [0.05, 0.1) is 12.7 Å². The van der Waals surface area contributed by atoms with Gasteiger partial charge in [0.2, 0.25) is 0 Å². The Labute approximate surface area is 121 Å². The van der Waals surface area contributed by atoms with Crippen LogP contribution < -0.4 is 10.2 Å². The van der Waals surface area contributed by atoms with Crippen molar-refractivity contribution in [2.24, 2.45) is 5.92 Å². The van der Waals surface area contributed by atoms with E-state index >= 15 is 0 Å². The van der Waals surface area contributed by atoms with Crippen LogP contribution in [-0.2, 0) is 11.3 Å². The predicted octanol–water partition coefficient (Wildman–Crippen LogP) is 1.02. The molecule has 0 radical (unpaired) electrons. The Hall–Kier alpha value is -1.17. The molecule has 1 aliphatic heterocycles.